The zero-order chi connectivity index (χ0) is 26.1. The third-order valence-electron chi connectivity index (χ3n) is 6.57. The summed E-state index contributed by atoms with van der Waals surface area (Å²) >= 11 is 0. The fourth-order valence-corrected chi connectivity index (χ4v) is 4.70. The molecule has 0 saturated heterocycles. The van der Waals surface area contributed by atoms with Crippen molar-refractivity contribution >= 4 is 11.9 Å². The number of hydrogen-bond donors (Lipinski definition) is 0. The fourth-order valence-electron chi connectivity index (χ4n) is 4.70. The lowest BCUT2D eigenvalue weighted by Gasteiger charge is -2.42. The number of ether oxygens (including phenoxy) is 3. The van der Waals surface area contributed by atoms with E-state index >= 15 is 0 Å². The van der Waals surface area contributed by atoms with Gasteiger partial charge < -0.3 is 14.2 Å². The number of benzene rings is 3. The maximum Gasteiger partial charge on any atom is 0.323 e. The Morgan fingerprint density at radius 1 is 0.750 bits per heavy atom. The van der Waals surface area contributed by atoms with E-state index in [0.29, 0.717) is 18.8 Å². The lowest BCUT2D eigenvalue weighted by atomic mass is 9.70. The summed E-state index contributed by atoms with van der Waals surface area (Å²) in [5, 5.41) is 0. The number of esters is 2. The highest BCUT2D eigenvalue weighted by atomic mass is 16.5. The van der Waals surface area contributed by atoms with E-state index in [9.17, 15) is 9.59 Å². The molecule has 0 spiro atoms. The molecule has 0 aliphatic carbocycles. The molecule has 0 bridgehead atoms. The van der Waals surface area contributed by atoms with Crippen molar-refractivity contribution in [1.29, 1.82) is 0 Å². The Labute approximate surface area is 213 Å². The van der Waals surface area contributed by atoms with Crippen LogP contribution in [0.4, 0.5) is 0 Å². The zero-order valence-electron chi connectivity index (χ0n) is 21.6. The van der Waals surface area contributed by atoms with E-state index in [1.807, 2.05) is 98.8 Å². The lowest BCUT2D eigenvalue weighted by molar-refractivity contribution is -0.158. The number of carbonyl (C=O) groups excluding carboxylic acids is 2. The van der Waals surface area contributed by atoms with Crippen molar-refractivity contribution in [3.8, 4) is 5.75 Å². The van der Waals surface area contributed by atoms with E-state index in [1.165, 1.54) is 14.2 Å². The van der Waals surface area contributed by atoms with Crippen LogP contribution < -0.4 is 4.74 Å². The quantitative estimate of drug-likeness (QED) is 0.344. The van der Waals surface area contributed by atoms with Crippen LogP contribution in [0, 0.1) is 5.41 Å². The van der Waals surface area contributed by atoms with Crippen molar-refractivity contribution in [2.75, 3.05) is 21.3 Å². The number of hydrogen-bond acceptors (Lipinski definition) is 6. The van der Waals surface area contributed by atoms with Crippen LogP contribution in [0.15, 0.2) is 84.9 Å². The second-order valence-electron chi connectivity index (χ2n) is 9.31. The van der Waals surface area contributed by atoms with Crippen LogP contribution in [0.5, 0.6) is 5.75 Å². The first-order valence-corrected chi connectivity index (χ1v) is 11.9. The summed E-state index contributed by atoms with van der Waals surface area (Å²) in [6.07, 6.45) is 0. The first-order valence-electron chi connectivity index (χ1n) is 11.9. The molecule has 3 rings (SSSR count). The molecule has 36 heavy (non-hydrogen) atoms. The van der Waals surface area contributed by atoms with E-state index in [4.69, 9.17) is 14.2 Å². The van der Waals surface area contributed by atoms with E-state index in [0.717, 1.165) is 16.7 Å². The maximum absolute atomic E-state index is 13.6. The summed E-state index contributed by atoms with van der Waals surface area (Å²) in [6, 6.07) is 26.6. The van der Waals surface area contributed by atoms with E-state index in [2.05, 4.69) is 4.90 Å². The first-order chi connectivity index (χ1) is 17.3. The third kappa shape index (κ3) is 6.32. The van der Waals surface area contributed by atoms with Gasteiger partial charge in [0.05, 0.1) is 26.7 Å². The zero-order valence-corrected chi connectivity index (χ0v) is 21.6. The molecule has 0 radical (unpaired) electrons. The van der Waals surface area contributed by atoms with Gasteiger partial charge in [0, 0.05) is 19.0 Å². The average Bonchev–Trinajstić information content (AvgIpc) is 2.91. The van der Waals surface area contributed by atoms with Crippen LogP contribution >= 0.6 is 0 Å². The van der Waals surface area contributed by atoms with Gasteiger partial charge in [-0.1, -0.05) is 72.8 Å². The van der Waals surface area contributed by atoms with Gasteiger partial charge in [0.25, 0.3) is 0 Å². The van der Waals surface area contributed by atoms with Crippen molar-refractivity contribution < 1.29 is 23.8 Å². The Kier molecular flexibility index (Phi) is 9.25. The number of carbonyl (C=O) groups is 2. The molecule has 0 aliphatic rings. The van der Waals surface area contributed by atoms with Crippen LogP contribution in [-0.4, -0.2) is 44.2 Å². The van der Waals surface area contributed by atoms with Gasteiger partial charge in [-0.15, -0.1) is 0 Å². The Morgan fingerprint density at radius 3 is 1.67 bits per heavy atom. The molecule has 190 valence electrons. The number of methoxy groups -OCH3 is 3. The molecule has 0 heterocycles. The molecule has 0 N–H and O–H groups in total. The Hall–Kier alpha value is -3.64. The molecule has 0 fully saturated rings. The summed E-state index contributed by atoms with van der Waals surface area (Å²) in [6.45, 7) is 4.60. The Balaban J connectivity index is 2.19. The minimum absolute atomic E-state index is 0.406. The maximum atomic E-state index is 13.6. The van der Waals surface area contributed by atoms with E-state index in [1.54, 1.807) is 7.11 Å². The van der Waals surface area contributed by atoms with Crippen LogP contribution in [0.1, 0.15) is 36.5 Å². The Bertz CT molecular complexity index is 1070. The molecule has 0 aromatic heterocycles. The summed E-state index contributed by atoms with van der Waals surface area (Å²) in [5.74, 6) is -0.708. The average molecular weight is 490 g/mol. The molecular weight excluding hydrogens is 454 g/mol. The van der Waals surface area contributed by atoms with E-state index < -0.39 is 29.3 Å². The molecule has 6 nitrogen and oxygen atoms in total. The highest BCUT2D eigenvalue weighted by Gasteiger charge is 2.48. The summed E-state index contributed by atoms with van der Waals surface area (Å²) in [4.78, 5) is 28.8. The van der Waals surface area contributed by atoms with E-state index in [-0.39, 0.29) is 0 Å². The van der Waals surface area contributed by atoms with Gasteiger partial charge in [0.2, 0.25) is 0 Å². The van der Waals surface area contributed by atoms with Crippen LogP contribution in [0.2, 0.25) is 0 Å². The molecular formula is C30H35NO5. The van der Waals surface area contributed by atoms with Gasteiger partial charge in [-0.05, 0) is 42.7 Å². The molecule has 0 amide bonds. The van der Waals surface area contributed by atoms with Crippen molar-refractivity contribution in [3.63, 3.8) is 0 Å². The smallest absolute Gasteiger partial charge is 0.323 e. The van der Waals surface area contributed by atoms with Crippen LogP contribution in [0.3, 0.4) is 0 Å². The van der Waals surface area contributed by atoms with Gasteiger partial charge in [0.1, 0.15) is 11.8 Å². The second-order valence-corrected chi connectivity index (χ2v) is 9.31. The van der Waals surface area contributed by atoms with Gasteiger partial charge in [-0.3, -0.25) is 14.5 Å². The van der Waals surface area contributed by atoms with Gasteiger partial charge >= 0.3 is 11.9 Å². The van der Waals surface area contributed by atoms with Gasteiger partial charge in [-0.25, -0.2) is 0 Å². The third-order valence-corrected chi connectivity index (χ3v) is 6.57. The number of nitrogens with zero attached hydrogens (tertiary/aromatic N) is 1. The molecule has 6 heteroatoms. The second kappa shape index (κ2) is 12.4. The number of rotatable bonds is 11. The fraction of sp³-hybridized carbons (Fsp3) is 0.333. The van der Waals surface area contributed by atoms with Crippen molar-refractivity contribution in [1.82, 2.24) is 4.90 Å². The van der Waals surface area contributed by atoms with Crippen molar-refractivity contribution in [2.24, 2.45) is 5.41 Å². The molecule has 3 aromatic carbocycles. The topological polar surface area (TPSA) is 65.1 Å². The molecule has 0 saturated carbocycles. The summed E-state index contributed by atoms with van der Waals surface area (Å²) in [5.41, 5.74) is 1.86. The summed E-state index contributed by atoms with van der Waals surface area (Å²) < 4.78 is 15.9. The largest absolute Gasteiger partial charge is 0.497 e. The van der Waals surface area contributed by atoms with Crippen molar-refractivity contribution in [2.45, 2.75) is 38.9 Å². The van der Waals surface area contributed by atoms with Crippen LogP contribution in [-0.2, 0) is 32.2 Å². The lowest BCUT2D eigenvalue weighted by Crippen LogP contribution is -2.51. The predicted octanol–water partition coefficient (Wildman–Crippen LogP) is 5.22. The molecule has 1 unspecified atom stereocenters. The monoisotopic (exact) mass is 489 g/mol. The van der Waals surface area contributed by atoms with Crippen LogP contribution in [0.25, 0.3) is 0 Å². The molecule has 0 aliphatic heterocycles. The Morgan fingerprint density at radius 2 is 1.25 bits per heavy atom. The molecule has 2 atom stereocenters. The SMILES string of the molecule is COC(=O)[C@H](C(c1ccc(OC)cc1)C(C)(C)C(=O)OC)N(Cc1ccccc1)Cc1ccccc1. The first kappa shape index (κ1) is 27.0. The summed E-state index contributed by atoms with van der Waals surface area (Å²) in [7, 11) is 4.35. The minimum atomic E-state index is -1.05. The highest BCUT2D eigenvalue weighted by molar-refractivity contribution is 5.82. The predicted molar refractivity (Wildman–Crippen MR) is 139 cm³/mol. The van der Waals surface area contributed by atoms with Gasteiger partial charge in [0.15, 0.2) is 0 Å². The van der Waals surface area contributed by atoms with Gasteiger partial charge in [-0.2, -0.15) is 0 Å². The highest BCUT2D eigenvalue weighted by Crippen LogP contribution is 2.43. The molecule has 3 aromatic rings. The minimum Gasteiger partial charge on any atom is -0.497 e. The normalized spacial score (nSPS) is 13.1. The van der Waals surface area contributed by atoms with Crippen molar-refractivity contribution in [3.05, 3.63) is 102 Å². The standard InChI is InChI=1S/C30H35NO5/c1-30(2,29(33)36-5)26(24-16-18-25(34-3)19-17-24)27(28(32)35-4)31(20-22-12-8-6-9-13-22)21-23-14-10-7-11-15-23/h6-19,26-27H,20-21H2,1-5H3/t26?,27-/m0/s1.